The molecule has 0 bridgehead atoms. The Morgan fingerprint density at radius 2 is 2.10 bits per heavy atom. The Hall–Kier alpha value is -1.24. The van der Waals surface area contributed by atoms with Crippen molar-refractivity contribution in [3.05, 3.63) is 60.7 Å². The van der Waals surface area contributed by atoms with E-state index in [1.54, 1.807) is 23.5 Å². The van der Waals surface area contributed by atoms with Gasteiger partial charge in [-0.25, -0.2) is 0 Å². The number of thiophene rings is 1. The van der Waals surface area contributed by atoms with Gasteiger partial charge < -0.3 is 5.32 Å². The maximum Gasteiger partial charge on any atom is 0.272 e. The highest BCUT2D eigenvalue weighted by Crippen LogP contribution is 2.31. The molecule has 1 N–H and O–H groups in total. The molecule has 2 rings (SSSR count). The van der Waals surface area contributed by atoms with Crippen LogP contribution in [0.2, 0.25) is 0 Å². The molecule has 1 unspecified atom stereocenters. The van der Waals surface area contributed by atoms with Gasteiger partial charge in [-0.05, 0) is 41.0 Å². The Bertz CT molecular complexity index is 600. The standard InChI is InChI=1S/C14H15BrN2O2S/c1-2-16-11(13-7-8-14(15)20-13)9-10-5-3-4-6-12(10)17(18)19/h3-8,11,16H,2,9H2,1H3. The Balaban J connectivity index is 2.27. The van der Waals surface area contributed by atoms with Crippen molar-refractivity contribution in [2.45, 2.75) is 19.4 Å². The van der Waals surface area contributed by atoms with Crippen LogP contribution in [0, 0.1) is 10.1 Å². The summed E-state index contributed by atoms with van der Waals surface area (Å²) in [6, 6.07) is 11.1. The van der Waals surface area contributed by atoms with E-state index < -0.39 is 0 Å². The zero-order chi connectivity index (χ0) is 14.5. The lowest BCUT2D eigenvalue weighted by molar-refractivity contribution is -0.385. The van der Waals surface area contributed by atoms with Gasteiger partial charge in [-0.3, -0.25) is 10.1 Å². The maximum absolute atomic E-state index is 11.1. The van der Waals surface area contributed by atoms with Crippen LogP contribution < -0.4 is 5.32 Å². The van der Waals surface area contributed by atoms with Gasteiger partial charge in [-0.1, -0.05) is 25.1 Å². The number of hydrogen-bond acceptors (Lipinski definition) is 4. The van der Waals surface area contributed by atoms with Crippen molar-refractivity contribution in [3.8, 4) is 0 Å². The molecular weight excluding hydrogens is 340 g/mol. The number of hydrogen-bond donors (Lipinski definition) is 1. The van der Waals surface area contributed by atoms with Crippen LogP contribution in [0.5, 0.6) is 0 Å². The minimum absolute atomic E-state index is 0.0948. The summed E-state index contributed by atoms with van der Waals surface area (Å²) in [7, 11) is 0. The molecule has 6 heteroatoms. The van der Waals surface area contributed by atoms with E-state index in [0.29, 0.717) is 6.42 Å². The highest BCUT2D eigenvalue weighted by atomic mass is 79.9. The SMILES string of the molecule is CCNC(Cc1ccccc1[N+](=O)[O-])c1ccc(Br)s1. The van der Waals surface area contributed by atoms with Crippen LogP contribution in [0.4, 0.5) is 5.69 Å². The van der Waals surface area contributed by atoms with Crippen LogP contribution in [0.25, 0.3) is 0 Å². The molecule has 0 radical (unpaired) electrons. The van der Waals surface area contributed by atoms with Gasteiger partial charge in [0.05, 0.1) is 8.71 Å². The molecule has 0 amide bonds. The van der Waals surface area contributed by atoms with E-state index in [4.69, 9.17) is 0 Å². The first-order chi connectivity index (χ1) is 9.61. The maximum atomic E-state index is 11.1. The quantitative estimate of drug-likeness (QED) is 0.620. The fourth-order valence-corrected chi connectivity index (χ4v) is 3.62. The second-order valence-corrected chi connectivity index (χ2v) is 6.84. The van der Waals surface area contributed by atoms with E-state index in [1.165, 1.54) is 4.88 Å². The van der Waals surface area contributed by atoms with E-state index in [0.717, 1.165) is 15.9 Å². The first-order valence-electron chi connectivity index (χ1n) is 6.32. The summed E-state index contributed by atoms with van der Waals surface area (Å²) in [6.07, 6.45) is 0.609. The fourth-order valence-electron chi connectivity index (χ4n) is 2.12. The lowest BCUT2D eigenvalue weighted by Crippen LogP contribution is -2.22. The van der Waals surface area contributed by atoms with E-state index >= 15 is 0 Å². The summed E-state index contributed by atoms with van der Waals surface area (Å²) < 4.78 is 1.07. The highest BCUT2D eigenvalue weighted by molar-refractivity contribution is 9.11. The molecule has 0 aliphatic heterocycles. The Morgan fingerprint density at radius 3 is 2.70 bits per heavy atom. The Labute approximate surface area is 130 Å². The van der Waals surface area contributed by atoms with Gasteiger partial charge in [0.1, 0.15) is 0 Å². The monoisotopic (exact) mass is 354 g/mol. The molecule has 106 valence electrons. The van der Waals surface area contributed by atoms with Crippen molar-refractivity contribution < 1.29 is 4.92 Å². The van der Waals surface area contributed by atoms with Crippen molar-refractivity contribution in [2.24, 2.45) is 0 Å². The molecule has 2 aromatic rings. The van der Waals surface area contributed by atoms with Crippen LogP contribution in [0.15, 0.2) is 40.2 Å². The average Bonchev–Trinajstić information content (AvgIpc) is 2.85. The number of likely N-dealkylation sites (N-methyl/N-ethyl adjacent to an activating group) is 1. The second kappa shape index (κ2) is 6.97. The van der Waals surface area contributed by atoms with Gasteiger partial charge in [0.2, 0.25) is 0 Å². The van der Waals surface area contributed by atoms with Crippen LogP contribution in [0.3, 0.4) is 0 Å². The second-order valence-electron chi connectivity index (χ2n) is 4.34. The normalized spacial score (nSPS) is 12.3. The molecule has 1 aromatic heterocycles. The first kappa shape index (κ1) is 15.2. The summed E-state index contributed by atoms with van der Waals surface area (Å²) in [5.74, 6) is 0. The third-order valence-electron chi connectivity index (χ3n) is 3.00. The van der Waals surface area contributed by atoms with E-state index in [2.05, 4.69) is 27.3 Å². The van der Waals surface area contributed by atoms with Gasteiger partial charge >= 0.3 is 0 Å². The number of para-hydroxylation sites is 1. The molecule has 0 spiro atoms. The van der Waals surface area contributed by atoms with Crippen LogP contribution >= 0.6 is 27.3 Å². The van der Waals surface area contributed by atoms with E-state index in [9.17, 15) is 10.1 Å². The first-order valence-corrected chi connectivity index (χ1v) is 7.93. The Morgan fingerprint density at radius 1 is 1.35 bits per heavy atom. The number of halogens is 1. The van der Waals surface area contributed by atoms with E-state index in [-0.39, 0.29) is 16.7 Å². The average molecular weight is 355 g/mol. The number of nitro benzene ring substituents is 1. The zero-order valence-electron chi connectivity index (χ0n) is 11.0. The molecule has 0 aliphatic carbocycles. The molecule has 0 aliphatic rings. The molecule has 0 saturated heterocycles. The van der Waals surface area contributed by atoms with Crippen LogP contribution in [-0.4, -0.2) is 11.5 Å². The Kier molecular flexibility index (Phi) is 5.28. The summed E-state index contributed by atoms with van der Waals surface area (Å²) in [5.41, 5.74) is 0.944. The largest absolute Gasteiger partial charge is 0.309 e. The number of nitro groups is 1. The summed E-state index contributed by atoms with van der Waals surface area (Å²) in [4.78, 5) is 11.9. The van der Waals surface area contributed by atoms with Crippen molar-refractivity contribution in [3.63, 3.8) is 0 Å². The molecule has 0 fully saturated rings. The smallest absolute Gasteiger partial charge is 0.272 e. The molecule has 1 aromatic carbocycles. The number of benzene rings is 1. The lowest BCUT2D eigenvalue weighted by Gasteiger charge is -2.16. The van der Waals surface area contributed by atoms with Crippen molar-refractivity contribution >= 4 is 33.0 Å². The molecule has 0 saturated carbocycles. The van der Waals surface area contributed by atoms with Crippen LogP contribution in [0.1, 0.15) is 23.4 Å². The van der Waals surface area contributed by atoms with E-state index in [1.807, 2.05) is 25.1 Å². The zero-order valence-corrected chi connectivity index (χ0v) is 13.4. The molecule has 20 heavy (non-hydrogen) atoms. The summed E-state index contributed by atoms with van der Waals surface area (Å²) in [6.45, 7) is 2.86. The van der Waals surface area contributed by atoms with Gasteiger partial charge in [0.15, 0.2) is 0 Å². The number of nitrogens with one attached hydrogen (secondary N) is 1. The molecular formula is C14H15BrN2O2S. The lowest BCUT2D eigenvalue weighted by atomic mass is 10.0. The molecule has 4 nitrogen and oxygen atoms in total. The molecule has 1 atom stereocenters. The number of rotatable bonds is 6. The summed E-state index contributed by atoms with van der Waals surface area (Å²) in [5, 5.41) is 14.5. The topological polar surface area (TPSA) is 55.2 Å². The minimum atomic E-state index is -0.317. The predicted molar refractivity (Wildman–Crippen MR) is 85.2 cm³/mol. The van der Waals surface area contributed by atoms with Crippen molar-refractivity contribution in [2.75, 3.05) is 6.54 Å². The fraction of sp³-hybridized carbons (Fsp3) is 0.286. The minimum Gasteiger partial charge on any atom is -0.309 e. The van der Waals surface area contributed by atoms with Gasteiger partial charge in [0.25, 0.3) is 5.69 Å². The van der Waals surface area contributed by atoms with Gasteiger partial charge in [-0.15, -0.1) is 11.3 Å². The van der Waals surface area contributed by atoms with Gasteiger partial charge in [-0.2, -0.15) is 0 Å². The number of nitrogens with zero attached hydrogens (tertiary/aromatic N) is 1. The van der Waals surface area contributed by atoms with Crippen LogP contribution in [-0.2, 0) is 6.42 Å². The third-order valence-corrected chi connectivity index (χ3v) is 4.74. The van der Waals surface area contributed by atoms with Gasteiger partial charge in [0, 0.05) is 22.5 Å². The van der Waals surface area contributed by atoms with Crippen molar-refractivity contribution in [1.29, 1.82) is 0 Å². The summed E-state index contributed by atoms with van der Waals surface area (Å²) >= 11 is 5.11. The highest BCUT2D eigenvalue weighted by Gasteiger charge is 2.19. The third kappa shape index (κ3) is 3.65. The molecule has 1 heterocycles. The van der Waals surface area contributed by atoms with Crippen molar-refractivity contribution in [1.82, 2.24) is 5.32 Å². The predicted octanol–water partition coefficient (Wildman–Crippen LogP) is 4.31.